The predicted molar refractivity (Wildman–Crippen MR) is 126 cm³/mol. The number of quaternary nitrogens is 1. The minimum atomic E-state index is 0.161. The molecule has 0 fully saturated rings. The Labute approximate surface area is 185 Å². The lowest BCUT2D eigenvalue weighted by Crippen LogP contribution is -3.13. The Morgan fingerprint density at radius 3 is 2.47 bits per heavy atom. The SMILES string of the molecule is CCNC(=S)N[C@@H](C)[C@@H]1c2cc(OC)c(OC)cc2CC[NH+]1Cc1ccc(C)cc1. The highest BCUT2D eigenvalue weighted by Crippen LogP contribution is 2.35. The van der Waals surface area contributed by atoms with Crippen molar-refractivity contribution in [3.05, 3.63) is 58.7 Å². The first kappa shape index (κ1) is 22.4. The zero-order valence-corrected chi connectivity index (χ0v) is 19.5. The van der Waals surface area contributed by atoms with Crippen LogP contribution in [0.3, 0.4) is 0 Å². The molecule has 3 N–H and O–H groups in total. The molecule has 30 heavy (non-hydrogen) atoms. The number of methoxy groups -OCH3 is 2. The van der Waals surface area contributed by atoms with Crippen molar-refractivity contribution >= 4 is 17.3 Å². The maximum Gasteiger partial charge on any atom is 0.166 e. The molecule has 3 rings (SSSR count). The molecule has 0 amide bonds. The van der Waals surface area contributed by atoms with Crippen LogP contribution in [0.2, 0.25) is 0 Å². The van der Waals surface area contributed by atoms with E-state index < -0.39 is 0 Å². The Morgan fingerprint density at radius 2 is 1.83 bits per heavy atom. The number of hydrogen-bond donors (Lipinski definition) is 3. The molecule has 1 aliphatic rings. The topological polar surface area (TPSA) is 47.0 Å². The molecule has 2 aromatic carbocycles. The fourth-order valence-electron chi connectivity index (χ4n) is 4.40. The molecule has 1 aliphatic heterocycles. The lowest BCUT2D eigenvalue weighted by molar-refractivity contribution is -0.948. The minimum absolute atomic E-state index is 0.161. The summed E-state index contributed by atoms with van der Waals surface area (Å²) in [6.45, 7) is 9.24. The van der Waals surface area contributed by atoms with Crippen LogP contribution >= 0.6 is 12.2 Å². The van der Waals surface area contributed by atoms with Gasteiger partial charge < -0.3 is 25.0 Å². The van der Waals surface area contributed by atoms with Crippen molar-refractivity contribution in [1.29, 1.82) is 0 Å². The second-order valence-electron chi connectivity index (χ2n) is 8.00. The summed E-state index contributed by atoms with van der Waals surface area (Å²) in [6, 6.07) is 13.6. The van der Waals surface area contributed by atoms with Crippen LogP contribution in [0.4, 0.5) is 0 Å². The van der Waals surface area contributed by atoms with E-state index in [0.29, 0.717) is 5.11 Å². The highest BCUT2D eigenvalue weighted by atomic mass is 32.1. The Balaban J connectivity index is 1.96. The van der Waals surface area contributed by atoms with Crippen molar-refractivity contribution in [1.82, 2.24) is 10.6 Å². The summed E-state index contributed by atoms with van der Waals surface area (Å²) in [6.07, 6.45) is 1.01. The molecular weight excluding hydrogens is 394 g/mol. The summed E-state index contributed by atoms with van der Waals surface area (Å²) >= 11 is 5.49. The first-order chi connectivity index (χ1) is 14.5. The van der Waals surface area contributed by atoms with Gasteiger partial charge in [-0.05, 0) is 50.7 Å². The van der Waals surface area contributed by atoms with E-state index in [2.05, 4.69) is 67.8 Å². The van der Waals surface area contributed by atoms with Crippen LogP contribution in [0.1, 0.15) is 42.1 Å². The average Bonchev–Trinajstić information content (AvgIpc) is 2.74. The Hall–Kier alpha value is -2.31. The smallest absolute Gasteiger partial charge is 0.166 e. The van der Waals surface area contributed by atoms with Crippen LogP contribution in [0.25, 0.3) is 0 Å². The fourth-order valence-corrected chi connectivity index (χ4v) is 4.73. The minimum Gasteiger partial charge on any atom is -0.493 e. The highest BCUT2D eigenvalue weighted by Gasteiger charge is 2.36. The summed E-state index contributed by atoms with van der Waals surface area (Å²) in [5, 5.41) is 7.43. The van der Waals surface area contributed by atoms with Crippen LogP contribution in [0, 0.1) is 6.92 Å². The summed E-state index contributed by atoms with van der Waals surface area (Å²) in [4.78, 5) is 1.53. The van der Waals surface area contributed by atoms with Gasteiger partial charge in [0.2, 0.25) is 0 Å². The van der Waals surface area contributed by atoms with Gasteiger partial charge in [-0.1, -0.05) is 29.8 Å². The molecule has 0 saturated carbocycles. The van der Waals surface area contributed by atoms with E-state index in [4.69, 9.17) is 21.7 Å². The first-order valence-electron chi connectivity index (χ1n) is 10.7. The number of aryl methyl sites for hydroxylation is 1. The average molecular weight is 429 g/mol. The van der Waals surface area contributed by atoms with Gasteiger partial charge in [-0.2, -0.15) is 0 Å². The van der Waals surface area contributed by atoms with Gasteiger partial charge in [0.1, 0.15) is 12.6 Å². The van der Waals surface area contributed by atoms with Crippen LogP contribution in [0.5, 0.6) is 11.5 Å². The summed E-state index contributed by atoms with van der Waals surface area (Å²) in [7, 11) is 3.39. The van der Waals surface area contributed by atoms with Crippen LogP contribution in [0.15, 0.2) is 36.4 Å². The lowest BCUT2D eigenvalue weighted by atomic mass is 9.87. The maximum absolute atomic E-state index is 5.62. The molecule has 1 heterocycles. The second kappa shape index (κ2) is 10.1. The molecule has 0 saturated heterocycles. The molecule has 0 aromatic heterocycles. The second-order valence-corrected chi connectivity index (χ2v) is 8.41. The van der Waals surface area contributed by atoms with Crippen LogP contribution < -0.4 is 25.0 Å². The molecular formula is C24H34N3O2S+. The van der Waals surface area contributed by atoms with E-state index in [1.165, 1.54) is 27.2 Å². The first-order valence-corrected chi connectivity index (χ1v) is 11.1. The number of hydrogen-bond acceptors (Lipinski definition) is 3. The number of fused-ring (bicyclic) bond motifs is 1. The van der Waals surface area contributed by atoms with E-state index >= 15 is 0 Å². The summed E-state index contributed by atoms with van der Waals surface area (Å²) < 4.78 is 11.2. The molecule has 162 valence electrons. The molecule has 5 nitrogen and oxygen atoms in total. The molecule has 0 bridgehead atoms. The van der Waals surface area contributed by atoms with E-state index in [1.54, 1.807) is 14.2 Å². The van der Waals surface area contributed by atoms with Gasteiger partial charge in [0, 0.05) is 24.1 Å². The van der Waals surface area contributed by atoms with Gasteiger partial charge >= 0.3 is 0 Å². The van der Waals surface area contributed by atoms with Gasteiger partial charge in [0.15, 0.2) is 16.6 Å². The largest absolute Gasteiger partial charge is 0.493 e. The number of thiocarbonyl (C=S) groups is 1. The number of rotatable bonds is 7. The Kier molecular flexibility index (Phi) is 7.56. The van der Waals surface area contributed by atoms with Crippen molar-refractivity contribution in [2.45, 2.75) is 45.8 Å². The van der Waals surface area contributed by atoms with Crippen molar-refractivity contribution in [3.8, 4) is 11.5 Å². The molecule has 0 aliphatic carbocycles. The van der Waals surface area contributed by atoms with Crippen molar-refractivity contribution in [2.24, 2.45) is 0 Å². The zero-order valence-electron chi connectivity index (χ0n) is 18.7. The highest BCUT2D eigenvalue weighted by molar-refractivity contribution is 7.80. The third-order valence-corrected chi connectivity index (χ3v) is 6.15. The maximum atomic E-state index is 5.62. The number of ether oxygens (including phenoxy) is 2. The van der Waals surface area contributed by atoms with Crippen molar-refractivity contribution in [3.63, 3.8) is 0 Å². The van der Waals surface area contributed by atoms with E-state index in [1.807, 2.05) is 0 Å². The standard InChI is InChI=1S/C24H33N3O2S/c1-6-25-24(30)26-17(3)23-20-14-22(29-5)21(28-4)13-19(20)11-12-27(23)15-18-9-7-16(2)8-10-18/h7-10,13-14,17,23H,6,11-12,15H2,1-5H3,(H2,25,26,30)/p+1/t17-,23+/m0/s1. The van der Waals surface area contributed by atoms with Gasteiger partial charge in [-0.15, -0.1) is 0 Å². The molecule has 2 aromatic rings. The quantitative estimate of drug-likeness (QED) is 0.592. The van der Waals surface area contributed by atoms with Crippen LogP contribution in [-0.2, 0) is 13.0 Å². The third kappa shape index (κ3) is 5.05. The van der Waals surface area contributed by atoms with Crippen molar-refractivity contribution in [2.75, 3.05) is 27.3 Å². The monoisotopic (exact) mass is 428 g/mol. The van der Waals surface area contributed by atoms with Gasteiger partial charge in [-0.25, -0.2) is 0 Å². The predicted octanol–water partition coefficient (Wildman–Crippen LogP) is 2.57. The van der Waals surface area contributed by atoms with Gasteiger partial charge in [0.25, 0.3) is 0 Å². The number of benzene rings is 2. The molecule has 3 atom stereocenters. The van der Waals surface area contributed by atoms with E-state index in [9.17, 15) is 0 Å². The fraction of sp³-hybridized carbons (Fsp3) is 0.458. The van der Waals surface area contributed by atoms with Gasteiger partial charge in [0.05, 0.1) is 26.8 Å². The Bertz CT molecular complexity index is 869. The molecule has 6 heteroatoms. The summed E-state index contributed by atoms with van der Waals surface area (Å²) in [5.74, 6) is 1.57. The Morgan fingerprint density at radius 1 is 1.17 bits per heavy atom. The van der Waals surface area contributed by atoms with E-state index in [0.717, 1.165) is 37.6 Å². The number of nitrogens with one attached hydrogen (secondary N) is 3. The van der Waals surface area contributed by atoms with Crippen LogP contribution in [-0.4, -0.2) is 38.5 Å². The lowest BCUT2D eigenvalue weighted by Gasteiger charge is -2.38. The van der Waals surface area contributed by atoms with Gasteiger partial charge in [-0.3, -0.25) is 0 Å². The third-order valence-electron chi connectivity index (χ3n) is 5.88. The summed E-state index contributed by atoms with van der Waals surface area (Å²) in [5.41, 5.74) is 5.27. The molecule has 0 spiro atoms. The normalized spacial score (nSPS) is 18.8. The molecule has 0 radical (unpaired) electrons. The molecule has 1 unspecified atom stereocenters. The van der Waals surface area contributed by atoms with Crippen molar-refractivity contribution < 1.29 is 14.4 Å². The zero-order chi connectivity index (χ0) is 21.7. The van der Waals surface area contributed by atoms with E-state index in [-0.39, 0.29) is 12.1 Å².